The van der Waals surface area contributed by atoms with Gasteiger partial charge in [-0.3, -0.25) is 4.90 Å². The van der Waals surface area contributed by atoms with Crippen LogP contribution in [0.2, 0.25) is 0 Å². The molecule has 122 valence electrons. The molecule has 0 spiro atoms. The molecule has 1 aromatic heterocycles. The molecule has 1 aromatic rings. The number of nitrogens with zero attached hydrogens (tertiary/aromatic N) is 3. The number of hydrogen-bond donors (Lipinski definition) is 1. The van der Waals surface area contributed by atoms with Crippen LogP contribution in [0.5, 0.6) is 5.88 Å². The van der Waals surface area contributed by atoms with E-state index in [1.54, 1.807) is 26.0 Å². The lowest BCUT2D eigenvalue weighted by Crippen LogP contribution is -2.38. The Morgan fingerprint density at radius 3 is 2.19 bits per heavy atom. The molecule has 0 aliphatic carbocycles. The minimum Gasteiger partial charge on any atom is -0.481 e. The van der Waals surface area contributed by atoms with Gasteiger partial charge in [0, 0.05) is 40.9 Å². The summed E-state index contributed by atoms with van der Waals surface area (Å²) in [6.07, 6.45) is 0. The van der Waals surface area contributed by atoms with Crippen molar-refractivity contribution in [3.05, 3.63) is 11.3 Å². The molecule has 0 bridgehead atoms. The minimum absolute atomic E-state index is 0.0268. The fraction of sp³-hybridized carbons (Fsp3) is 0.786. The summed E-state index contributed by atoms with van der Waals surface area (Å²) < 4.78 is 17.6. The third-order valence-electron chi connectivity index (χ3n) is 3.57. The van der Waals surface area contributed by atoms with Crippen LogP contribution in [0.15, 0.2) is 0 Å². The largest absolute Gasteiger partial charge is 0.481 e. The second-order valence-electron chi connectivity index (χ2n) is 4.91. The number of aryl methyl sites for hydroxylation is 2. The average Bonchev–Trinajstić information content (AvgIpc) is 2.76. The molecule has 1 rings (SSSR count). The van der Waals surface area contributed by atoms with E-state index in [1.165, 1.54) is 0 Å². The molecule has 1 atom stereocenters. The van der Waals surface area contributed by atoms with Gasteiger partial charge in [0.05, 0.1) is 37.6 Å². The van der Waals surface area contributed by atoms with Crippen LogP contribution in [-0.2, 0) is 16.5 Å². The van der Waals surface area contributed by atoms with E-state index in [9.17, 15) is 0 Å². The Balaban J connectivity index is 3.06. The van der Waals surface area contributed by atoms with E-state index in [-0.39, 0.29) is 6.04 Å². The molecule has 0 aliphatic heterocycles. The van der Waals surface area contributed by atoms with Crippen LogP contribution >= 0.6 is 0 Å². The molecule has 21 heavy (non-hydrogen) atoms. The first-order valence-electron chi connectivity index (χ1n) is 7.10. The van der Waals surface area contributed by atoms with E-state index in [0.29, 0.717) is 19.8 Å². The van der Waals surface area contributed by atoms with Crippen molar-refractivity contribution in [2.75, 3.05) is 54.2 Å². The van der Waals surface area contributed by atoms with Gasteiger partial charge in [-0.2, -0.15) is 5.10 Å². The highest BCUT2D eigenvalue weighted by atomic mass is 16.5. The van der Waals surface area contributed by atoms with E-state index in [0.717, 1.165) is 30.2 Å². The number of hydrogen-bond acceptors (Lipinski definition) is 6. The summed E-state index contributed by atoms with van der Waals surface area (Å²) in [5.74, 6) is 0.753. The topological polar surface area (TPSA) is 74.8 Å². The molecular weight excluding hydrogens is 272 g/mol. The minimum atomic E-state index is 0.0268. The average molecular weight is 300 g/mol. The van der Waals surface area contributed by atoms with Crippen molar-refractivity contribution in [2.45, 2.75) is 13.0 Å². The number of ether oxygens (including phenoxy) is 3. The Morgan fingerprint density at radius 1 is 1.19 bits per heavy atom. The molecule has 0 radical (unpaired) electrons. The van der Waals surface area contributed by atoms with Crippen molar-refractivity contribution in [3.63, 3.8) is 0 Å². The molecule has 1 heterocycles. The second kappa shape index (κ2) is 8.99. The summed E-state index contributed by atoms with van der Waals surface area (Å²) in [4.78, 5) is 2.25. The molecule has 0 aliphatic rings. The van der Waals surface area contributed by atoms with Crippen LogP contribution in [-0.4, -0.2) is 68.9 Å². The Morgan fingerprint density at radius 2 is 1.76 bits per heavy atom. The van der Waals surface area contributed by atoms with Crippen LogP contribution < -0.4 is 10.5 Å². The fourth-order valence-corrected chi connectivity index (χ4v) is 2.57. The highest BCUT2D eigenvalue weighted by Crippen LogP contribution is 2.31. The van der Waals surface area contributed by atoms with Crippen LogP contribution in [0.25, 0.3) is 0 Å². The van der Waals surface area contributed by atoms with Gasteiger partial charge in [0.25, 0.3) is 0 Å². The van der Waals surface area contributed by atoms with Gasteiger partial charge in [0.15, 0.2) is 0 Å². The third kappa shape index (κ3) is 4.41. The second-order valence-corrected chi connectivity index (χ2v) is 4.91. The zero-order valence-corrected chi connectivity index (χ0v) is 13.8. The predicted octanol–water partition coefficient (Wildman–Crippen LogP) is 0.332. The van der Waals surface area contributed by atoms with Gasteiger partial charge in [-0.05, 0) is 6.92 Å². The number of methoxy groups -OCH3 is 3. The zero-order valence-electron chi connectivity index (χ0n) is 13.8. The van der Waals surface area contributed by atoms with Crippen LogP contribution in [0.1, 0.15) is 17.3 Å². The molecule has 1 unspecified atom stereocenters. The Labute approximate surface area is 126 Å². The first-order chi connectivity index (χ1) is 10.1. The summed E-state index contributed by atoms with van der Waals surface area (Å²) in [6, 6.07) is 0.0268. The van der Waals surface area contributed by atoms with Crippen LogP contribution in [0, 0.1) is 6.92 Å². The predicted molar refractivity (Wildman–Crippen MR) is 81.6 cm³/mol. The zero-order chi connectivity index (χ0) is 15.8. The van der Waals surface area contributed by atoms with Crippen molar-refractivity contribution in [3.8, 4) is 5.88 Å². The standard InChI is InChI=1S/C14H28N4O3/c1-11-13(14(21-5)17(2)16-11)12(10-15)18(6-8-19-3)7-9-20-4/h12H,6-10,15H2,1-5H3. The van der Waals surface area contributed by atoms with Crippen molar-refractivity contribution < 1.29 is 14.2 Å². The highest BCUT2D eigenvalue weighted by molar-refractivity contribution is 5.34. The Hall–Kier alpha value is -1.15. The van der Waals surface area contributed by atoms with Gasteiger partial charge in [0.1, 0.15) is 0 Å². The molecule has 0 saturated carbocycles. The molecule has 0 amide bonds. The normalized spacial score (nSPS) is 12.9. The van der Waals surface area contributed by atoms with Gasteiger partial charge in [-0.25, -0.2) is 4.68 Å². The van der Waals surface area contributed by atoms with Crippen LogP contribution in [0.3, 0.4) is 0 Å². The van der Waals surface area contributed by atoms with Gasteiger partial charge < -0.3 is 19.9 Å². The van der Waals surface area contributed by atoms with E-state index in [4.69, 9.17) is 19.9 Å². The Kier molecular flexibility index (Phi) is 7.66. The summed E-state index contributed by atoms with van der Waals surface area (Å²) in [7, 11) is 6.92. The fourth-order valence-electron chi connectivity index (χ4n) is 2.57. The van der Waals surface area contributed by atoms with Gasteiger partial charge in [-0.1, -0.05) is 0 Å². The highest BCUT2D eigenvalue weighted by Gasteiger charge is 2.27. The molecule has 7 heteroatoms. The monoisotopic (exact) mass is 300 g/mol. The number of rotatable bonds is 10. The molecule has 2 N–H and O–H groups in total. The van der Waals surface area contributed by atoms with E-state index >= 15 is 0 Å². The maximum absolute atomic E-state index is 6.04. The summed E-state index contributed by atoms with van der Waals surface area (Å²) in [5, 5.41) is 4.44. The molecule has 7 nitrogen and oxygen atoms in total. The third-order valence-corrected chi connectivity index (χ3v) is 3.57. The van der Waals surface area contributed by atoms with Crippen molar-refractivity contribution in [2.24, 2.45) is 12.8 Å². The number of aromatic nitrogens is 2. The first kappa shape index (κ1) is 17.9. The molecule has 0 fully saturated rings. The summed E-state index contributed by atoms with van der Waals surface area (Å²) in [6.45, 7) is 5.30. The lowest BCUT2D eigenvalue weighted by atomic mass is 10.1. The maximum atomic E-state index is 6.04. The smallest absolute Gasteiger partial charge is 0.216 e. The van der Waals surface area contributed by atoms with E-state index in [1.807, 2.05) is 14.0 Å². The molecular formula is C14H28N4O3. The van der Waals surface area contributed by atoms with Crippen molar-refractivity contribution in [1.82, 2.24) is 14.7 Å². The maximum Gasteiger partial charge on any atom is 0.216 e. The van der Waals surface area contributed by atoms with Crippen molar-refractivity contribution >= 4 is 0 Å². The quantitative estimate of drug-likeness (QED) is 0.671. The van der Waals surface area contributed by atoms with Gasteiger partial charge in [-0.15, -0.1) is 0 Å². The summed E-state index contributed by atoms with van der Waals surface area (Å²) >= 11 is 0. The molecule has 0 saturated heterocycles. The first-order valence-corrected chi connectivity index (χ1v) is 7.10. The SMILES string of the molecule is COCCN(CCOC)C(CN)c1c(C)nn(C)c1OC. The Bertz CT molecular complexity index is 415. The summed E-state index contributed by atoms with van der Waals surface area (Å²) in [5.41, 5.74) is 8.01. The van der Waals surface area contributed by atoms with Gasteiger partial charge >= 0.3 is 0 Å². The van der Waals surface area contributed by atoms with Gasteiger partial charge in [0.2, 0.25) is 5.88 Å². The molecule has 0 aromatic carbocycles. The van der Waals surface area contributed by atoms with Crippen LogP contribution in [0.4, 0.5) is 0 Å². The van der Waals surface area contributed by atoms with E-state index in [2.05, 4.69) is 10.00 Å². The lowest BCUT2D eigenvalue weighted by Gasteiger charge is -2.30. The van der Waals surface area contributed by atoms with E-state index < -0.39 is 0 Å². The van der Waals surface area contributed by atoms with Crippen molar-refractivity contribution in [1.29, 1.82) is 0 Å². The number of nitrogens with two attached hydrogens (primary N) is 1. The lowest BCUT2D eigenvalue weighted by molar-refractivity contribution is 0.0880.